The highest BCUT2D eigenvalue weighted by Gasteiger charge is 2.25. The number of carbonyl (C=O) groups excluding carboxylic acids is 3. The Morgan fingerprint density at radius 3 is 2.30 bits per heavy atom. The van der Waals surface area contributed by atoms with E-state index in [1.165, 1.54) is 19.1 Å². The molecule has 13 heteroatoms. The molecule has 0 aromatic heterocycles. The minimum atomic E-state index is -4.22. The lowest BCUT2D eigenvalue weighted by atomic mass is 10.4. The van der Waals surface area contributed by atoms with E-state index in [9.17, 15) is 22.8 Å². The smallest absolute Gasteiger partial charge is 0.321 e. The van der Waals surface area contributed by atoms with E-state index in [0.717, 1.165) is 0 Å². The van der Waals surface area contributed by atoms with Gasteiger partial charge in [-0.25, -0.2) is 13.2 Å². The summed E-state index contributed by atoms with van der Waals surface area (Å²) in [4.78, 5) is 34.3. The molecule has 0 saturated carbocycles. The van der Waals surface area contributed by atoms with Crippen LogP contribution in [0, 0.1) is 0 Å². The largest absolute Gasteiger partial charge is 0.452 e. The standard InChI is InChI=1S/C14H16BrCl2N3O6S/c1-3-18-14(23)20-13(22)7(2)26-11(21)6-19-27(24,25)12-9(16)4-8(15)5-10(12)17/h4-5,7,19H,3,6H2,1-2H3,(H2,18,20,22,23)/t7-/m0/s1. The molecule has 0 aliphatic carbocycles. The quantitative estimate of drug-likeness (QED) is 0.485. The topological polar surface area (TPSA) is 131 Å². The van der Waals surface area contributed by atoms with Crippen molar-refractivity contribution in [3.63, 3.8) is 0 Å². The predicted molar refractivity (Wildman–Crippen MR) is 102 cm³/mol. The van der Waals surface area contributed by atoms with Gasteiger partial charge in [-0.3, -0.25) is 14.9 Å². The zero-order valence-electron chi connectivity index (χ0n) is 14.1. The Hall–Kier alpha value is -1.40. The van der Waals surface area contributed by atoms with Crippen LogP contribution in [0.5, 0.6) is 0 Å². The lowest BCUT2D eigenvalue weighted by Gasteiger charge is -2.14. The van der Waals surface area contributed by atoms with Crippen LogP contribution < -0.4 is 15.4 Å². The van der Waals surface area contributed by atoms with E-state index in [2.05, 4.69) is 21.2 Å². The van der Waals surface area contributed by atoms with Gasteiger partial charge in [0.15, 0.2) is 6.10 Å². The third-order valence-electron chi connectivity index (χ3n) is 2.89. The number of urea groups is 1. The molecule has 3 N–H and O–H groups in total. The van der Waals surface area contributed by atoms with Gasteiger partial charge in [-0.2, -0.15) is 4.72 Å². The van der Waals surface area contributed by atoms with Gasteiger partial charge in [0, 0.05) is 11.0 Å². The van der Waals surface area contributed by atoms with Crippen LogP contribution in [0.1, 0.15) is 13.8 Å². The first-order chi connectivity index (χ1) is 12.5. The number of hydrogen-bond acceptors (Lipinski definition) is 6. The lowest BCUT2D eigenvalue weighted by molar-refractivity contribution is -0.153. The number of hydrogen-bond donors (Lipinski definition) is 3. The summed E-state index contributed by atoms with van der Waals surface area (Å²) < 4.78 is 31.8. The van der Waals surface area contributed by atoms with Gasteiger partial charge in [-0.05, 0) is 26.0 Å². The van der Waals surface area contributed by atoms with Gasteiger partial charge in [-0.15, -0.1) is 0 Å². The maximum Gasteiger partial charge on any atom is 0.321 e. The summed E-state index contributed by atoms with van der Waals surface area (Å²) in [5.41, 5.74) is 0. The van der Waals surface area contributed by atoms with Crippen molar-refractivity contribution < 1.29 is 27.5 Å². The van der Waals surface area contributed by atoms with Crippen LogP contribution in [-0.2, 0) is 24.3 Å². The summed E-state index contributed by atoms with van der Waals surface area (Å²) in [6.07, 6.45) is -1.32. The molecule has 3 amide bonds. The van der Waals surface area contributed by atoms with Crippen molar-refractivity contribution in [2.45, 2.75) is 24.8 Å². The number of esters is 1. The molecule has 0 aliphatic heterocycles. The first kappa shape index (κ1) is 23.6. The minimum Gasteiger partial charge on any atom is -0.452 e. The molecule has 0 fully saturated rings. The van der Waals surface area contributed by atoms with E-state index in [4.69, 9.17) is 27.9 Å². The number of halogens is 3. The SMILES string of the molecule is CCNC(=O)NC(=O)[C@H](C)OC(=O)CNS(=O)(=O)c1c(Cl)cc(Br)cc1Cl. The molecule has 1 atom stereocenters. The summed E-state index contributed by atoms with van der Waals surface area (Å²) in [5, 5.41) is 3.99. The molecule has 0 unspecified atom stereocenters. The Morgan fingerprint density at radius 2 is 1.78 bits per heavy atom. The second kappa shape index (κ2) is 10.2. The molecule has 0 heterocycles. The van der Waals surface area contributed by atoms with E-state index in [1.807, 2.05) is 10.0 Å². The highest BCUT2D eigenvalue weighted by molar-refractivity contribution is 9.10. The highest BCUT2D eigenvalue weighted by Crippen LogP contribution is 2.32. The molecule has 0 saturated heterocycles. The number of ether oxygens (including phenoxy) is 1. The molecule has 9 nitrogen and oxygen atoms in total. The van der Waals surface area contributed by atoms with Crippen LogP contribution in [0.25, 0.3) is 0 Å². The molecule has 0 aliphatic rings. The number of nitrogens with one attached hydrogen (secondary N) is 3. The number of rotatable bonds is 7. The summed E-state index contributed by atoms with van der Waals surface area (Å²) in [6, 6.07) is 1.91. The summed E-state index contributed by atoms with van der Waals surface area (Å²) in [7, 11) is -4.22. The van der Waals surface area contributed by atoms with Crippen LogP contribution in [0.2, 0.25) is 10.0 Å². The number of sulfonamides is 1. The zero-order valence-corrected chi connectivity index (χ0v) is 18.1. The van der Waals surface area contributed by atoms with E-state index in [1.54, 1.807) is 6.92 Å². The first-order valence-electron chi connectivity index (χ1n) is 7.40. The molecular weight excluding hydrogens is 489 g/mol. The second-order valence-electron chi connectivity index (χ2n) is 5.00. The monoisotopic (exact) mass is 503 g/mol. The fourth-order valence-electron chi connectivity index (χ4n) is 1.72. The molecule has 27 heavy (non-hydrogen) atoms. The molecule has 1 aromatic carbocycles. The molecule has 0 bridgehead atoms. The number of benzene rings is 1. The van der Waals surface area contributed by atoms with E-state index < -0.39 is 45.5 Å². The van der Waals surface area contributed by atoms with Gasteiger partial charge >= 0.3 is 12.0 Å². The van der Waals surface area contributed by atoms with Gasteiger partial charge in [0.2, 0.25) is 10.0 Å². The molecule has 0 radical (unpaired) electrons. The van der Waals surface area contributed by atoms with Crippen molar-refractivity contribution in [2.75, 3.05) is 13.1 Å². The van der Waals surface area contributed by atoms with Gasteiger partial charge in [0.25, 0.3) is 5.91 Å². The van der Waals surface area contributed by atoms with Crippen molar-refractivity contribution in [2.24, 2.45) is 0 Å². The lowest BCUT2D eigenvalue weighted by Crippen LogP contribution is -2.45. The predicted octanol–water partition coefficient (Wildman–Crippen LogP) is 1.81. The van der Waals surface area contributed by atoms with E-state index >= 15 is 0 Å². The highest BCUT2D eigenvalue weighted by atomic mass is 79.9. The van der Waals surface area contributed by atoms with Gasteiger partial charge in [-0.1, -0.05) is 39.1 Å². The summed E-state index contributed by atoms with van der Waals surface area (Å²) in [5.74, 6) is -1.90. The van der Waals surface area contributed by atoms with Crippen molar-refractivity contribution in [1.82, 2.24) is 15.4 Å². The van der Waals surface area contributed by atoms with Crippen LogP contribution >= 0.6 is 39.1 Å². The Morgan fingerprint density at radius 1 is 1.22 bits per heavy atom. The molecule has 150 valence electrons. The first-order valence-corrected chi connectivity index (χ1v) is 10.4. The van der Waals surface area contributed by atoms with E-state index in [0.29, 0.717) is 11.0 Å². The second-order valence-corrected chi connectivity index (χ2v) is 8.44. The molecule has 1 rings (SSSR count). The maximum atomic E-state index is 12.3. The summed E-state index contributed by atoms with van der Waals surface area (Å²) in [6.45, 7) is 2.41. The normalized spacial score (nSPS) is 12.2. The van der Waals surface area contributed by atoms with Crippen LogP contribution in [-0.4, -0.2) is 45.5 Å². The summed E-state index contributed by atoms with van der Waals surface area (Å²) >= 11 is 14.9. The fraction of sp³-hybridized carbons (Fsp3) is 0.357. The fourth-order valence-corrected chi connectivity index (χ4v) is 4.62. The Balaban J connectivity index is 2.68. The van der Waals surface area contributed by atoms with Crippen molar-refractivity contribution in [3.05, 3.63) is 26.7 Å². The average molecular weight is 505 g/mol. The van der Waals surface area contributed by atoms with Crippen LogP contribution in [0.3, 0.4) is 0 Å². The maximum absolute atomic E-state index is 12.3. The van der Waals surface area contributed by atoms with Crippen LogP contribution in [0.15, 0.2) is 21.5 Å². The van der Waals surface area contributed by atoms with Crippen molar-refractivity contribution in [1.29, 1.82) is 0 Å². The van der Waals surface area contributed by atoms with Crippen molar-refractivity contribution in [3.8, 4) is 0 Å². The molecule has 1 aromatic rings. The van der Waals surface area contributed by atoms with Crippen molar-refractivity contribution >= 4 is 67.1 Å². The average Bonchev–Trinajstić information content (AvgIpc) is 2.51. The Labute approximate surface area is 174 Å². The molecule has 0 spiro atoms. The van der Waals surface area contributed by atoms with Crippen LogP contribution in [0.4, 0.5) is 4.79 Å². The van der Waals surface area contributed by atoms with E-state index in [-0.39, 0.29) is 10.0 Å². The number of carbonyl (C=O) groups is 3. The molecular formula is C14H16BrCl2N3O6S. The van der Waals surface area contributed by atoms with Gasteiger partial charge in [0.05, 0.1) is 10.0 Å². The Kier molecular flexibility index (Phi) is 8.95. The minimum absolute atomic E-state index is 0.148. The van der Waals surface area contributed by atoms with Gasteiger partial charge in [0.1, 0.15) is 11.4 Å². The number of imide groups is 1. The third kappa shape index (κ3) is 7.26. The third-order valence-corrected chi connectivity index (χ3v) is 5.67. The van der Waals surface area contributed by atoms with Gasteiger partial charge < -0.3 is 10.1 Å². The Bertz CT molecular complexity index is 826. The number of amides is 3. The zero-order chi connectivity index (χ0) is 20.8.